The van der Waals surface area contributed by atoms with Crippen LogP contribution in [0.3, 0.4) is 0 Å². The van der Waals surface area contributed by atoms with Gasteiger partial charge in [0.05, 0.1) is 0 Å². The maximum absolute atomic E-state index is 12.5. The second-order valence-corrected chi connectivity index (χ2v) is 7.35. The molecule has 2 aliphatic heterocycles. The average Bonchev–Trinajstić information content (AvgIpc) is 3.46. The van der Waals surface area contributed by atoms with Crippen molar-refractivity contribution < 1.29 is 23.6 Å². The van der Waals surface area contributed by atoms with Crippen molar-refractivity contribution in [2.75, 3.05) is 18.7 Å². The van der Waals surface area contributed by atoms with Gasteiger partial charge in [-0.15, -0.1) is 0 Å². The first-order valence-electron chi connectivity index (χ1n) is 10.0. The number of benzene rings is 2. The summed E-state index contributed by atoms with van der Waals surface area (Å²) >= 11 is 0. The number of nitrogens with one attached hydrogen (secondary N) is 1. The number of anilines is 1. The molecule has 0 atom stereocenters. The molecule has 0 fully saturated rings. The Hall–Kier alpha value is -4.21. The van der Waals surface area contributed by atoms with Crippen LogP contribution in [0.15, 0.2) is 52.1 Å². The van der Waals surface area contributed by atoms with Crippen LogP contribution in [0.5, 0.6) is 11.5 Å². The molecule has 1 aromatic heterocycles. The minimum Gasteiger partial charge on any atom is -0.454 e. The van der Waals surface area contributed by atoms with Gasteiger partial charge in [0.25, 0.3) is 5.89 Å². The fourth-order valence-electron chi connectivity index (χ4n) is 3.41. The number of carbonyl (C=O) groups excluding carboxylic acids is 2. The number of aromatic nitrogens is 2. The highest BCUT2D eigenvalue weighted by atomic mass is 16.7. The van der Waals surface area contributed by atoms with Gasteiger partial charge in [0.15, 0.2) is 11.5 Å². The van der Waals surface area contributed by atoms with Crippen molar-refractivity contribution in [1.29, 1.82) is 0 Å². The summed E-state index contributed by atoms with van der Waals surface area (Å²) in [4.78, 5) is 29.2. The van der Waals surface area contributed by atoms with Crippen molar-refractivity contribution in [1.82, 2.24) is 15.1 Å². The Morgan fingerprint density at radius 3 is 2.84 bits per heavy atom. The largest absolute Gasteiger partial charge is 0.454 e. The van der Waals surface area contributed by atoms with Crippen molar-refractivity contribution in [2.24, 2.45) is 5.10 Å². The molecule has 0 unspecified atom stereocenters. The minimum atomic E-state index is -0.343. The van der Waals surface area contributed by atoms with Crippen molar-refractivity contribution in [3.63, 3.8) is 0 Å². The van der Waals surface area contributed by atoms with E-state index in [1.165, 1.54) is 0 Å². The Labute approximate surface area is 182 Å². The van der Waals surface area contributed by atoms with Gasteiger partial charge in [-0.2, -0.15) is 10.1 Å². The van der Waals surface area contributed by atoms with E-state index >= 15 is 0 Å². The summed E-state index contributed by atoms with van der Waals surface area (Å²) in [6.07, 6.45) is 0.537. The molecule has 162 valence electrons. The summed E-state index contributed by atoms with van der Waals surface area (Å²) < 4.78 is 16.1. The normalized spacial score (nSPS) is 15.0. The number of hydrogen-bond acceptors (Lipinski definition) is 8. The third-order valence-electron chi connectivity index (χ3n) is 5.12. The predicted octanol–water partition coefficient (Wildman–Crippen LogP) is 2.74. The molecule has 0 aliphatic carbocycles. The van der Waals surface area contributed by atoms with E-state index in [-0.39, 0.29) is 37.5 Å². The van der Waals surface area contributed by atoms with Gasteiger partial charge in [0.1, 0.15) is 12.3 Å². The van der Waals surface area contributed by atoms with E-state index in [1.54, 1.807) is 24.3 Å². The summed E-state index contributed by atoms with van der Waals surface area (Å²) in [6, 6.07) is 12.8. The van der Waals surface area contributed by atoms with E-state index in [2.05, 4.69) is 20.6 Å². The maximum Gasteiger partial charge on any atom is 0.274 e. The van der Waals surface area contributed by atoms with Gasteiger partial charge >= 0.3 is 0 Å². The van der Waals surface area contributed by atoms with Crippen LogP contribution in [0, 0.1) is 6.92 Å². The molecule has 2 aromatic carbocycles. The van der Waals surface area contributed by atoms with Crippen LogP contribution in [-0.2, 0) is 9.59 Å². The Morgan fingerprint density at radius 2 is 1.97 bits per heavy atom. The van der Waals surface area contributed by atoms with E-state index in [1.807, 2.05) is 25.1 Å². The average molecular weight is 433 g/mol. The smallest absolute Gasteiger partial charge is 0.274 e. The van der Waals surface area contributed by atoms with E-state index in [0.29, 0.717) is 40.7 Å². The SMILES string of the molecule is Cc1ccccc1NC(=O)CN1N=C(c2nc(-c3ccc4c(c3)OCO4)no2)CCC1=O. The number of hydrogen-bond donors (Lipinski definition) is 1. The molecule has 0 radical (unpaired) electrons. The van der Waals surface area contributed by atoms with E-state index < -0.39 is 0 Å². The van der Waals surface area contributed by atoms with Crippen LogP contribution < -0.4 is 14.8 Å². The molecule has 2 aliphatic rings. The van der Waals surface area contributed by atoms with Crippen molar-refractivity contribution in [3.05, 3.63) is 53.9 Å². The van der Waals surface area contributed by atoms with Crippen molar-refractivity contribution in [3.8, 4) is 22.9 Å². The molecule has 0 saturated carbocycles. The van der Waals surface area contributed by atoms with Crippen LogP contribution in [0.1, 0.15) is 24.3 Å². The van der Waals surface area contributed by atoms with E-state index in [0.717, 1.165) is 10.6 Å². The number of para-hydroxylation sites is 1. The Bertz CT molecular complexity index is 1230. The number of fused-ring (bicyclic) bond motifs is 1. The molecular weight excluding hydrogens is 414 g/mol. The summed E-state index contributed by atoms with van der Waals surface area (Å²) in [5, 5.41) is 12.3. The number of amides is 2. The van der Waals surface area contributed by atoms with Crippen molar-refractivity contribution in [2.45, 2.75) is 19.8 Å². The first-order chi connectivity index (χ1) is 15.6. The summed E-state index contributed by atoms with van der Waals surface area (Å²) in [5.41, 5.74) is 2.77. The number of nitrogens with zero attached hydrogens (tertiary/aromatic N) is 4. The predicted molar refractivity (Wildman–Crippen MR) is 113 cm³/mol. The van der Waals surface area contributed by atoms with Gasteiger partial charge in [-0.05, 0) is 36.8 Å². The number of ether oxygens (including phenoxy) is 2. The molecule has 1 N–H and O–H groups in total. The standard InChI is InChI=1S/C22H19N5O5/c1-13-4-2-3-5-15(13)23-19(28)11-27-20(29)9-7-16(25-27)22-24-21(26-32-22)14-6-8-17-18(10-14)31-12-30-17/h2-6,8,10H,7,9,11-12H2,1H3,(H,23,28). The number of rotatable bonds is 5. The van der Waals surface area contributed by atoms with Crippen molar-refractivity contribution >= 4 is 23.2 Å². The zero-order valence-electron chi connectivity index (χ0n) is 17.2. The topological polar surface area (TPSA) is 119 Å². The molecule has 10 heteroatoms. The zero-order chi connectivity index (χ0) is 22.1. The Balaban J connectivity index is 1.32. The molecule has 10 nitrogen and oxygen atoms in total. The molecule has 0 saturated heterocycles. The summed E-state index contributed by atoms with van der Waals surface area (Å²) in [7, 11) is 0. The highest BCUT2D eigenvalue weighted by molar-refractivity contribution is 6.02. The fourth-order valence-corrected chi connectivity index (χ4v) is 3.41. The summed E-state index contributed by atoms with van der Waals surface area (Å²) in [5.74, 6) is 1.25. The van der Waals surface area contributed by atoms with Gasteiger partial charge in [0.2, 0.25) is 24.4 Å². The van der Waals surface area contributed by atoms with Gasteiger partial charge < -0.3 is 19.3 Å². The fraction of sp³-hybridized carbons (Fsp3) is 0.227. The monoisotopic (exact) mass is 433 g/mol. The van der Waals surface area contributed by atoms with Gasteiger partial charge in [0, 0.05) is 24.1 Å². The van der Waals surface area contributed by atoms with Crippen LogP contribution in [0.4, 0.5) is 5.69 Å². The van der Waals surface area contributed by atoms with Gasteiger partial charge in [-0.25, -0.2) is 5.01 Å². The maximum atomic E-state index is 12.5. The molecule has 0 bridgehead atoms. The van der Waals surface area contributed by atoms with E-state index in [4.69, 9.17) is 14.0 Å². The molecule has 3 heterocycles. The van der Waals surface area contributed by atoms with Crippen LogP contribution in [-0.4, -0.2) is 46.0 Å². The highest BCUT2D eigenvalue weighted by Crippen LogP contribution is 2.35. The van der Waals surface area contributed by atoms with Crippen LogP contribution >= 0.6 is 0 Å². The first-order valence-corrected chi connectivity index (χ1v) is 10.0. The molecule has 2 amide bonds. The lowest BCUT2D eigenvalue weighted by Gasteiger charge is -2.22. The third kappa shape index (κ3) is 3.89. The zero-order valence-corrected chi connectivity index (χ0v) is 17.2. The number of hydrazone groups is 1. The lowest BCUT2D eigenvalue weighted by molar-refractivity contribution is -0.135. The van der Waals surface area contributed by atoms with Gasteiger partial charge in [-0.3, -0.25) is 9.59 Å². The van der Waals surface area contributed by atoms with Crippen LogP contribution in [0.2, 0.25) is 0 Å². The molecular formula is C22H19N5O5. The van der Waals surface area contributed by atoms with Crippen LogP contribution in [0.25, 0.3) is 11.4 Å². The van der Waals surface area contributed by atoms with E-state index in [9.17, 15) is 9.59 Å². The molecule has 3 aromatic rings. The number of carbonyl (C=O) groups is 2. The molecule has 32 heavy (non-hydrogen) atoms. The lowest BCUT2D eigenvalue weighted by Crippen LogP contribution is -2.38. The second-order valence-electron chi connectivity index (χ2n) is 7.35. The first kappa shape index (κ1) is 19.7. The Morgan fingerprint density at radius 1 is 1.12 bits per heavy atom. The molecule has 5 rings (SSSR count). The highest BCUT2D eigenvalue weighted by Gasteiger charge is 2.27. The third-order valence-corrected chi connectivity index (χ3v) is 5.12. The molecule has 0 spiro atoms. The van der Waals surface area contributed by atoms with Gasteiger partial charge in [-0.1, -0.05) is 23.4 Å². The minimum absolute atomic E-state index is 0.175. The lowest BCUT2D eigenvalue weighted by atomic mass is 10.1. The Kier molecular flexibility index (Phi) is 5.02. The quantitative estimate of drug-likeness (QED) is 0.657. The number of aryl methyl sites for hydroxylation is 1. The summed E-state index contributed by atoms with van der Waals surface area (Å²) in [6.45, 7) is 1.86. The second kappa shape index (κ2) is 8.14.